The van der Waals surface area contributed by atoms with Crippen LogP contribution in [0, 0.1) is 11.7 Å². The van der Waals surface area contributed by atoms with Crippen LogP contribution in [-0.4, -0.2) is 47.0 Å². The molecule has 1 aliphatic carbocycles. The van der Waals surface area contributed by atoms with E-state index in [1.807, 2.05) is 11.1 Å². The SMILES string of the molecule is COCCN(CCc1csc2nc(-c3ccc(F)cc3)cn12)C(=O)CCC1CCCC1. The van der Waals surface area contributed by atoms with Gasteiger partial charge in [-0.1, -0.05) is 25.7 Å². The van der Waals surface area contributed by atoms with Crippen LogP contribution >= 0.6 is 11.3 Å². The molecule has 1 amide bonds. The van der Waals surface area contributed by atoms with Crippen molar-refractivity contribution in [1.82, 2.24) is 14.3 Å². The number of rotatable bonds is 10. The van der Waals surface area contributed by atoms with Crippen molar-refractivity contribution < 1.29 is 13.9 Å². The number of hydrogen-bond acceptors (Lipinski definition) is 4. The van der Waals surface area contributed by atoms with E-state index < -0.39 is 0 Å². The molecule has 166 valence electrons. The number of carbonyl (C=O) groups excluding carboxylic acids is 1. The molecule has 0 N–H and O–H groups in total. The van der Waals surface area contributed by atoms with Crippen molar-refractivity contribution in [2.24, 2.45) is 5.92 Å². The Balaban J connectivity index is 1.41. The molecule has 0 saturated heterocycles. The van der Waals surface area contributed by atoms with Gasteiger partial charge in [-0.15, -0.1) is 11.3 Å². The van der Waals surface area contributed by atoms with Crippen LogP contribution in [0.25, 0.3) is 16.2 Å². The Morgan fingerprint density at radius 3 is 2.77 bits per heavy atom. The summed E-state index contributed by atoms with van der Waals surface area (Å²) in [6.07, 6.45) is 9.57. The zero-order valence-electron chi connectivity index (χ0n) is 18.1. The maximum Gasteiger partial charge on any atom is 0.222 e. The van der Waals surface area contributed by atoms with Crippen molar-refractivity contribution in [2.75, 3.05) is 26.8 Å². The number of aromatic nitrogens is 2. The first-order chi connectivity index (χ1) is 15.1. The molecule has 31 heavy (non-hydrogen) atoms. The number of carbonyl (C=O) groups is 1. The smallest absolute Gasteiger partial charge is 0.222 e. The molecular weight excluding hydrogens is 413 g/mol. The van der Waals surface area contributed by atoms with E-state index >= 15 is 0 Å². The molecule has 5 nitrogen and oxygen atoms in total. The van der Waals surface area contributed by atoms with Gasteiger partial charge in [0.1, 0.15) is 5.82 Å². The van der Waals surface area contributed by atoms with Crippen LogP contribution in [0.5, 0.6) is 0 Å². The van der Waals surface area contributed by atoms with Crippen LogP contribution in [0.3, 0.4) is 0 Å². The van der Waals surface area contributed by atoms with E-state index in [0.717, 1.165) is 40.7 Å². The first-order valence-corrected chi connectivity index (χ1v) is 12.0. The predicted molar refractivity (Wildman–Crippen MR) is 122 cm³/mol. The molecule has 0 aliphatic heterocycles. The first kappa shape index (κ1) is 22.0. The number of thiazole rings is 1. The van der Waals surface area contributed by atoms with Gasteiger partial charge in [-0.3, -0.25) is 9.20 Å². The molecule has 3 aromatic rings. The summed E-state index contributed by atoms with van der Waals surface area (Å²) in [4.78, 5) is 20.4. The second-order valence-corrected chi connectivity index (χ2v) is 9.16. The molecular formula is C24H30FN3O2S. The summed E-state index contributed by atoms with van der Waals surface area (Å²) in [5, 5.41) is 2.11. The van der Waals surface area contributed by atoms with Crippen molar-refractivity contribution in [3.8, 4) is 11.3 Å². The van der Waals surface area contributed by atoms with Gasteiger partial charge in [-0.05, 0) is 36.6 Å². The molecule has 4 rings (SSSR count). The molecule has 1 fully saturated rings. The monoisotopic (exact) mass is 443 g/mol. The van der Waals surface area contributed by atoms with Crippen LogP contribution in [0.1, 0.15) is 44.2 Å². The number of halogens is 1. The minimum atomic E-state index is -0.251. The first-order valence-electron chi connectivity index (χ1n) is 11.1. The Labute approximate surface area is 186 Å². The van der Waals surface area contributed by atoms with Gasteiger partial charge in [-0.2, -0.15) is 0 Å². The lowest BCUT2D eigenvalue weighted by atomic mass is 10.0. The summed E-state index contributed by atoms with van der Waals surface area (Å²) >= 11 is 1.59. The molecule has 1 aromatic carbocycles. The van der Waals surface area contributed by atoms with E-state index in [4.69, 9.17) is 4.74 Å². The zero-order valence-corrected chi connectivity index (χ0v) is 18.9. The van der Waals surface area contributed by atoms with Crippen LogP contribution in [-0.2, 0) is 16.0 Å². The quantitative estimate of drug-likeness (QED) is 0.433. The van der Waals surface area contributed by atoms with E-state index in [0.29, 0.717) is 26.1 Å². The molecule has 0 atom stereocenters. The number of imidazole rings is 1. The molecule has 7 heteroatoms. The molecule has 0 unspecified atom stereocenters. The number of benzene rings is 1. The lowest BCUT2D eigenvalue weighted by molar-refractivity contribution is -0.132. The minimum Gasteiger partial charge on any atom is -0.383 e. The second kappa shape index (κ2) is 10.4. The lowest BCUT2D eigenvalue weighted by Crippen LogP contribution is -2.35. The Morgan fingerprint density at radius 1 is 1.26 bits per heavy atom. The molecule has 1 aliphatic rings. The number of nitrogens with zero attached hydrogens (tertiary/aromatic N) is 3. The van der Waals surface area contributed by atoms with Gasteiger partial charge in [0.15, 0.2) is 4.96 Å². The Kier molecular flexibility index (Phi) is 7.35. The Bertz CT molecular complexity index is 992. The van der Waals surface area contributed by atoms with Gasteiger partial charge in [0.05, 0.1) is 12.3 Å². The standard InChI is InChI=1S/C24H30FN3O2S/c1-30-15-14-27(23(29)11-6-18-4-2-3-5-18)13-12-21-17-31-24-26-22(16-28(21)24)19-7-9-20(25)10-8-19/h7-10,16-18H,2-6,11-15H2,1H3. The second-order valence-electron chi connectivity index (χ2n) is 8.33. The van der Waals surface area contributed by atoms with Crippen LogP contribution in [0.15, 0.2) is 35.8 Å². The third kappa shape index (κ3) is 5.52. The molecule has 1 saturated carbocycles. The van der Waals surface area contributed by atoms with Crippen molar-refractivity contribution >= 4 is 22.2 Å². The average Bonchev–Trinajstić information content (AvgIpc) is 3.51. The number of fused-ring (bicyclic) bond motifs is 1. The van der Waals surface area contributed by atoms with Crippen molar-refractivity contribution in [3.05, 3.63) is 47.4 Å². The largest absolute Gasteiger partial charge is 0.383 e. The maximum absolute atomic E-state index is 13.2. The van der Waals surface area contributed by atoms with Gasteiger partial charge in [0.25, 0.3) is 0 Å². The number of methoxy groups -OCH3 is 1. The fourth-order valence-corrected chi connectivity index (χ4v) is 5.27. The zero-order chi connectivity index (χ0) is 21.6. The number of ether oxygens (including phenoxy) is 1. The predicted octanol–water partition coefficient (Wildman–Crippen LogP) is 5.19. The van der Waals surface area contributed by atoms with Gasteiger partial charge in [0.2, 0.25) is 5.91 Å². The highest BCUT2D eigenvalue weighted by atomic mass is 32.1. The molecule has 0 radical (unpaired) electrons. The summed E-state index contributed by atoms with van der Waals surface area (Å²) in [6, 6.07) is 6.40. The van der Waals surface area contributed by atoms with E-state index in [-0.39, 0.29) is 11.7 Å². The third-order valence-corrected chi connectivity index (χ3v) is 7.11. The summed E-state index contributed by atoms with van der Waals surface area (Å²) in [6.45, 7) is 1.84. The molecule has 2 aromatic heterocycles. The van der Waals surface area contributed by atoms with Crippen LogP contribution < -0.4 is 0 Å². The van der Waals surface area contributed by atoms with Gasteiger partial charge in [-0.25, -0.2) is 9.37 Å². The van der Waals surface area contributed by atoms with Crippen LogP contribution in [0.4, 0.5) is 4.39 Å². The third-order valence-electron chi connectivity index (χ3n) is 6.22. The lowest BCUT2D eigenvalue weighted by Gasteiger charge is -2.23. The highest BCUT2D eigenvalue weighted by molar-refractivity contribution is 7.15. The van der Waals surface area contributed by atoms with Crippen molar-refractivity contribution in [2.45, 2.75) is 44.9 Å². The normalized spacial score (nSPS) is 14.5. The summed E-state index contributed by atoms with van der Waals surface area (Å²) in [7, 11) is 1.67. The van der Waals surface area contributed by atoms with Crippen LogP contribution in [0.2, 0.25) is 0 Å². The van der Waals surface area contributed by atoms with E-state index in [1.165, 1.54) is 37.8 Å². The number of amides is 1. The number of hydrogen-bond donors (Lipinski definition) is 0. The van der Waals surface area contributed by atoms with Gasteiger partial charge in [0, 0.05) is 55.9 Å². The van der Waals surface area contributed by atoms with E-state index in [1.54, 1.807) is 30.6 Å². The van der Waals surface area contributed by atoms with Crippen molar-refractivity contribution in [3.63, 3.8) is 0 Å². The van der Waals surface area contributed by atoms with E-state index in [9.17, 15) is 9.18 Å². The molecule has 2 heterocycles. The van der Waals surface area contributed by atoms with E-state index in [2.05, 4.69) is 14.8 Å². The summed E-state index contributed by atoms with van der Waals surface area (Å²) < 4.78 is 20.5. The van der Waals surface area contributed by atoms with Gasteiger partial charge >= 0.3 is 0 Å². The highest BCUT2D eigenvalue weighted by Crippen LogP contribution is 2.29. The Morgan fingerprint density at radius 2 is 2.03 bits per heavy atom. The summed E-state index contributed by atoms with van der Waals surface area (Å²) in [5.74, 6) is 0.702. The minimum absolute atomic E-state index is 0.230. The Hall–Kier alpha value is -2.25. The topological polar surface area (TPSA) is 46.8 Å². The summed E-state index contributed by atoms with van der Waals surface area (Å²) in [5.41, 5.74) is 2.86. The maximum atomic E-state index is 13.2. The fourth-order valence-electron chi connectivity index (χ4n) is 4.37. The van der Waals surface area contributed by atoms with Crippen molar-refractivity contribution in [1.29, 1.82) is 0 Å². The van der Waals surface area contributed by atoms with Gasteiger partial charge < -0.3 is 9.64 Å². The highest BCUT2D eigenvalue weighted by Gasteiger charge is 2.20. The average molecular weight is 444 g/mol. The molecule has 0 spiro atoms. The molecule has 0 bridgehead atoms. The fraction of sp³-hybridized carbons (Fsp3) is 0.500.